The van der Waals surface area contributed by atoms with E-state index in [1.807, 2.05) is 0 Å². The van der Waals surface area contributed by atoms with Crippen LogP contribution >= 0.6 is 0 Å². The molecule has 0 saturated carbocycles. The summed E-state index contributed by atoms with van der Waals surface area (Å²) in [7, 11) is -1.31. The number of carbonyl (C=O) groups is 1. The van der Waals surface area contributed by atoms with Crippen molar-refractivity contribution in [2.24, 2.45) is 5.92 Å². The number of hydrogen-bond acceptors (Lipinski definition) is 2. The Bertz CT molecular complexity index is 317. The summed E-state index contributed by atoms with van der Waals surface area (Å²) in [4.78, 5) is 11.1. The number of esters is 1. The number of hydrogen-bond donors (Lipinski definition) is 0. The molecule has 0 unspecified atom stereocenters. The van der Waals surface area contributed by atoms with Gasteiger partial charge in [-0.2, -0.15) is 0 Å². The Kier molecular flexibility index (Phi) is 3.76. The van der Waals surface area contributed by atoms with Gasteiger partial charge in [-0.1, -0.05) is 25.7 Å². The molecule has 0 N–H and O–H groups in total. The second-order valence-electron chi connectivity index (χ2n) is 4.89. The molecule has 2 nitrogen and oxygen atoms in total. The van der Waals surface area contributed by atoms with E-state index in [1.165, 1.54) is 0 Å². The highest BCUT2D eigenvalue weighted by Crippen LogP contribution is 2.24. The van der Waals surface area contributed by atoms with Crippen molar-refractivity contribution in [1.29, 1.82) is 0 Å². The maximum absolute atomic E-state index is 11.1. The third-order valence-electron chi connectivity index (χ3n) is 2.23. The molecule has 3 heteroatoms. The minimum absolute atomic E-state index is 0.0705. The van der Waals surface area contributed by atoms with Crippen LogP contribution in [0.2, 0.25) is 19.6 Å². The van der Waals surface area contributed by atoms with Crippen molar-refractivity contribution >= 4 is 14.0 Å². The second kappa shape index (κ2) is 4.67. The minimum atomic E-state index is -1.31. The molecule has 2 atom stereocenters. The van der Waals surface area contributed by atoms with E-state index in [2.05, 4.69) is 37.7 Å². The highest BCUT2D eigenvalue weighted by molar-refractivity contribution is 6.83. The summed E-state index contributed by atoms with van der Waals surface area (Å²) in [6, 6.07) is 0. The van der Waals surface area contributed by atoms with E-state index >= 15 is 0 Å². The molecule has 1 aliphatic heterocycles. The fraction of sp³-hybridized carbons (Fsp3) is 0.583. The van der Waals surface area contributed by atoms with Gasteiger partial charge in [0, 0.05) is 12.3 Å². The average Bonchev–Trinajstić information content (AvgIpc) is 2.44. The van der Waals surface area contributed by atoms with Crippen LogP contribution < -0.4 is 0 Å². The zero-order chi connectivity index (χ0) is 11.5. The van der Waals surface area contributed by atoms with Gasteiger partial charge < -0.3 is 4.74 Å². The molecule has 0 spiro atoms. The Balaban J connectivity index is 2.54. The third-order valence-corrected chi connectivity index (χ3v) is 3.16. The quantitative estimate of drug-likeness (QED) is 0.310. The molecule has 0 bridgehead atoms. The van der Waals surface area contributed by atoms with Crippen molar-refractivity contribution in [1.82, 2.24) is 0 Å². The molecule has 82 valence electrons. The van der Waals surface area contributed by atoms with Crippen molar-refractivity contribution in [3.05, 3.63) is 12.7 Å². The van der Waals surface area contributed by atoms with Crippen LogP contribution in [0.1, 0.15) is 12.8 Å². The highest BCUT2D eigenvalue weighted by atomic mass is 28.3. The lowest BCUT2D eigenvalue weighted by molar-refractivity contribution is -0.141. The molecule has 15 heavy (non-hydrogen) atoms. The van der Waals surface area contributed by atoms with Crippen molar-refractivity contribution in [2.75, 3.05) is 0 Å². The summed E-state index contributed by atoms with van der Waals surface area (Å²) < 4.78 is 5.18. The Morgan fingerprint density at radius 3 is 2.80 bits per heavy atom. The standard InChI is InChI=1S/C12H18O2Si/c1-5-10-9-12(13)14-11(10)7-6-8-15(2,3)4/h5,10-11H,1,7,9H2,2-4H3/t10-,11+/m0/s1. The molecule has 0 aromatic carbocycles. The van der Waals surface area contributed by atoms with Crippen LogP contribution in [-0.4, -0.2) is 20.1 Å². The van der Waals surface area contributed by atoms with Crippen molar-refractivity contribution in [3.63, 3.8) is 0 Å². The molecule has 0 radical (unpaired) electrons. The molecule has 1 aliphatic rings. The van der Waals surface area contributed by atoms with Gasteiger partial charge in [-0.05, 0) is 0 Å². The van der Waals surface area contributed by atoms with Crippen molar-refractivity contribution in [3.8, 4) is 11.5 Å². The van der Waals surface area contributed by atoms with E-state index in [-0.39, 0.29) is 18.0 Å². The first kappa shape index (κ1) is 12.1. The number of ether oxygens (including phenoxy) is 1. The van der Waals surface area contributed by atoms with Crippen LogP contribution in [0.5, 0.6) is 0 Å². The van der Waals surface area contributed by atoms with Crippen LogP contribution in [0.4, 0.5) is 0 Å². The third kappa shape index (κ3) is 3.92. The highest BCUT2D eigenvalue weighted by Gasteiger charge is 2.31. The molecule has 0 aromatic heterocycles. The van der Waals surface area contributed by atoms with E-state index in [9.17, 15) is 4.79 Å². The molecule has 1 rings (SSSR count). The predicted octanol–water partition coefficient (Wildman–Crippen LogP) is 2.38. The van der Waals surface area contributed by atoms with E-state index < -0.39 is 8.07 Å². The van der Waals surface area contributed by atoms with E-state index in [0.717, 1.165) is 0 Å². The molecule has 0 aliphatic carbocycles. The summed E-state index contributed by atoms with van der Waals surface area (Å²) in [5.41, 5.74) is 3.27. The largest absolute Gasteiger partial charge is 0.461 e. The summed E-state index contributed by atoms with van der Waals surface area (Å²) in [6.45, 7) is 10.3. The fourth-order valence-corrected chi connectivity index (χ4v) is 2.11. The van der Waals surface area contributed by atoms with Gasteiger partial charge in [0.25, 0.3) is 0 Å². The lowest BCUT2D eigenvalue weighted by atomic mass is 10.00. The first-order chi connectivity index (χ1) is 6.92. The van der Waals surface area contributed by atoms with Gasteiger partial charge in [0.1, 0.15) is 14.2 Å². The van der Waals surface area contributed by atoms with E-state index in [1.54, 1.807) is 6.08 Å². The molecular formula is C12H18O2Si. The summed E-state index contributed by atoms with van der Waals surface area (Å²) in [5, 5.41) is 0. The number of rotatable bonds is 2. The summed E-state index contributed by atoms with van der Waals surface area (Å²) >= 11 is 0. The maximum Gasteiger partial charge on any atom is 0.306 e. The predicted molar refractivity (Wildman–Crippen MR) is 63.9 cm³/mol. The van der Waals surface area contributed by atoms with Crippen LogP contribution in [-0.2, 0) is 9.53 Å². The topological polar surface area (TPSA) is 26.3 Å². The zero-order valence-corrected chi connectivity index (χ0v) is 10.7. The monoisotopic (exact) mass is 222 g/mol. The molecule has 0 aromatic rings. The van der Waals surface area contributed by atoms with Gasteiger partial charge in [-0.25, -0.2) is 0 Å². The van der Waals surface area contributed by atoms with E-state index in [4.69, 9.17) is 4.74 Å². The lowest BCUT2D eigenvalue weighted by Crippen LogP contribution is -2.18. The van der Waals surface area contributed by atoms with Gasteiger partial charge in [0.05, 0.1) is 6.42 Å². The van der Waals surface area contributed by atoms with Crippen LogP contribution in [0.3, 0.4) is 0 Å². The first-order valence-corrected chi connectivity index (χ1v) is 8.74. The maximum atomic E-state index is 11.1. The average molecular weight is 222 g/mol. The Morgan fingerprint density at radius 2 is 2.27 bits per heavy atom. The smallest absolute Gasteiger partial charge is 0.306 e. The SMILES string of the molecule is C=C[C@H]1CC(=O)O[C@@H]1CC#C[Si](C)(C)C. The van der Waals surface area contributed by atoms with Crippen molar-refractivity contribution in [2.45, 2.75) is 38.6 Å². The molecule has 1 fully saturated rings. The van der Waals surface area contributed by atoms with Gasteiger partial charge >= 0.3 is 5.97 Å². The van der Waals surface area contributed by atoms with Gasteiger partial charge in [0.15, 0.2) is 0 Å². The zero-order valence-electron chi connectivity index (χ0n) is 9.67. The van der Waals surface area contributed by atoms with Gasteiger partial charge in [-0.3, -0.25) is 4.79 Å². The normalized spacial score (nSPS) is 25.4. The van der Waals surface area contributed by atoms with E-state index in [0.29, 0.717) is 12.8 Å². The molecule has 1 heterocycles. The molecule has 0 amide bonds. The fourth-order valence-electron chi connectivity index (χ4n) is 1.47. The van der Waals surface area contributed by atoms with Gasteiger partial charge in [-0.15, -0.1) is 18.0 Å². The summed E-state index contributed by atoms with van der Waals surface area (Å²) in [5.74, 6) is 3.16. The number of cyclic esters (lactones) is 1. The minimum Gasteiger partial charge on any atom is -0.461 e. The summed E-state index contributed by atoms with van der Waals surface area (Å²) in [6.07, 6.45) is 2.83. The van der Waals surface area contributed by atoms with Crippen LogP contribution in [0.25, 0.3) is 0 Å². The Hall–Kier alpha value is -1.01. The van der Waals surface area contributed by atoms with Crippen LogP contribution in [0, 0.1) is 17.4 Å². The second-order valence-corrected chi connectivity index (χ2v) is 9.64. The van der Waals surface area contributed by atoms with Gasteiger partial charge in [0.2, 0.25) is 0 Å². The number of carbonyl (C=O) groups excluding carboxylic acids is 1. The molecular weight excluding hydrogens is 204 g/mol. The first-order valence-electron chi connectivity index (χ1n) is 5.24. The molecule has 1 saturated heterocycles. The lowest BCUT2D eigenvalue weighted by Gasteiger charge is -2.10. The van der Waals surface area contributed by atoms with Crippen molar-refractivity contribution < 1.29 is 9.53 Å². The van der Waals surface area contributed by atoms with Crippen LogP contribution in [0.15, 0.2) is 12.7 Å². The Labute approximate surface area is 92.7 Å². The Morgan fingerprint density at radius 1 is 1.60 bits per heavy atom.